The van der Waals surface area contributed by atoms with Crippen molar-refractivity contribution in [1.82, 2.24) is 5.32 Å². The highest BCUT2D eigenvalue weighted by molar-refractivity contribution is 6.10. The van der Waals surface area contributed by atoms with Crippen molar-refractivity contribution in [2.45, 2.75) is 39.9 Å². The Morgan fingerprint density at radius 2 is 1.77 bits per heavy atom. The van der Waals surface area contributed by atoms with Crippen molar-refractivity contribution in [3.05, 3.63) is 70.9 Å². The van der Waals surface area contributed by atoms with E-state index in [2.05, 4.69) is 29.4 Å². The smallest absolute Gasteiger partial charge is 0.336 e. The summed E-state index contributed by atoms with van der Waals surface area (Å²) in [6.45, 7) is 8.22. The molecule has 6 nitrogen and oxygen atoms in total. The molecular weight excluding hydrogens is 390 g/mol. The Balaban J connectivity index is 1.60. The maximum absolute atomic E-state index is 12.9. The SMILES string of the molecule is CCOC(=O)C1=C(C)NC(C2Nc3ccc(C(=O)c4ccccc4)cc3N2C)C1(C)C. The van der Waals surface area contributed by atoms with Gasteiger partial charge in [0.1, 0.15) is 6.17 Å². The van der Waals surface area contributed by atoms with Crippen LogP contribution in [-0.4, -0.2) is 37.6 Å². The Morgan fingerprint density at radius 1 is 1.06 bits per heavy atom. The fourth-order valence-corrected chi connectivity index (χ4v) is 4.77. The zero-order valence-electron chi connectivity index (χ0n) is 18.7. The van der Waals surface area contributed by atoms with Crippen molar-refractivity contribution < 1.29 is 14.3 Å². The van der Waals surface area contributed by atoms with Crippen LogP contribution >= 0.6 is 0 Å². The van der Waals surface area contributed by atoms with Crippen molar-refractivity contribution in [3.63, 3.8) is 0 Å². The number of likely N-dealkylation sites (N-methyl/N-ethyl adjacent to an activating group) is 1. The highest BCUT2D eigenvalue weighted by atomic mass is 16.5. The Morgan fingerprint density at radius 3 is 2.45 bits per heavy atom. The van der Waals surface area contributed by atoms with Crippen molar-refractivity contribution >= 4 is 23.1 Å². The number of anilines is 2. The van der Waals surface area contributed by atoms with Gasteiger partial charge in [-0.2, -0.15) is 0 Å². The predicted molar refractivity (Wildman–Crippen MR) is 122 cm³/mol. The van der Waals surface area contributed by atoms with Crippen LogP contribution < -0.4 is 15.5 Å². The van der Waals surface area contributed by atoms with Gasteiger partial charge in [0.25, 0.3) is 0 Å². The van der Waals surface area contributed by atoms with Gasteiger partial charge in [-0.05, 0) is 32.0 Å². The molecule has 0 bridgehead atoms. The quantitative estimate of drug-likeness (QED) is 0.565. The van der Waals surface area contributed by atoms with E-state index in [1.54, 1.807) is 0 Å². The highest BCUT2D eigenvalue weighted by Crippen LogP contribution is 2.45. The summed E-state index contributed by atoms with van der Waals surface area (Å²) >= 11 is 0. The Hall–Kier alpha value is -3.28. The summed E-state index contributed by atoms with van der Waals surface area (Å²) in [4.78, 5) is 27.6. The standard InChI is InChI=1S/C25H29N3O3/c1-6-31-24(30)20-15(2)26-22(25(20,3)4)23-27-18-13-12-17(14-19(18)28(23)5)21(29)16-10-8-7-9-11-16/h7-14,22-23,26-27H,6H2,1-5H3. The van der Waals surface area contributed by atoms with Gasteiger partial charge >= 0.3 is 5.97 Å². The Labute approximate surface area is 183 Å². The third-order valence-corrected chi connectivity index (χ3v) is 6.36. The van der Waals surface area contributed by atoms with Crippen LogP contribution in [0.2, 0.25) is 0 Å². The van der Waals surface area contributed by atoms with Crippen molar-refractivity contribution in [1.29, 1.82) is 0 Å². The average molecular weight is 420 g/mol. The number of carbonyl (C=O) groups is 2. The molecule has 2 aliphatic rings. The van der Waals surface area contributed by atoms with Crippen LogP contribution in [0.1, 0.15) is 43.6 Å². The summed E-state index contributed by atoms with van der Waals surface area (Å²) in [6, 6.07) is 15.0. The highest BCUT2D eigenvalue weighted by Gasteiger charge is 2.50. The molecule has 0 radical (unpaired) electrons. The molecular formula is C25H29N3O3. The van der Waals surface area contributed by atoms with Crippen LogP contribution in [-0.2, 0) is 9.53 Å². The molecule has 0 amide bonds. The number of fused-ring (bicyclic) bond motifs is 1. The van der Waals surface area contributed by atoms with Crippen LogP contribution in [0.4, 0.5) is 11.4 Å². The number of allylic oxidation sites excluding steroid dienone is 1. The topological polar surface area (TPSA) is 70.7 Å². The first kappa shape index (κ1) is 21.0. The molecule has 0 spiro atoms. The lowest BCUT2D eigenvalue weighted by Gasteiger charge is -2.37. The maximum atomic E-state index is 12.9. The van der Waals surface area contributed by atoms with Gasteiger partial charge in [-0.25, -0.2) is 4.79 Å². The molecule has 2 unspecified atom stereocenters. The summed E-state index contributed by atoms with van der Waals surface area (Å²) in [5.74, 6) is -0.268. The van der Waals surface area contributed by atoms with Gasteiger partial charge in [0, 0.05) is 29.3 Å². The summed E-state index contributed by atoms with van der Waals surface area (Å²) in [7, 11) is 2.01. The lowest BCUT2D eigenvalue weighted by molar-refractivity contribution is -0.139. The molecule has 4 rings (SSSR count). The normalized spacial score (nSPS) is 21.4. The van der Waals surface area contributed by atoms with Crippen molar-refractivity contribution in [3.8, 4) is 0 Å². The van der Waals surface area contributed by atoms with Gasteiger partial charge in [0.15, 0.2) is 5.78 Å². The number of ketones is 1. The number of nitrogens with zero attached hydrogens (tertiary/aromatic N) is 1. The van der Waals surface area contributed by atoms with E-state index in [4.69, 9.17) is 4.74 Å². The molecule has 0 saturated carbocycles. The monoisotopic (exact) mass is 419 g/mol. The van der Waals surface area contributed by atoms with Crippen LogP contribution in [0.5, 0.6) is 0 Å². The molecule has 0 fully saturated rings. The van der Waals surface area contributed by atoms with E-state index in [-0.39, 0.29) is 24.0 Å². The van der Waals surface area contributed by atoms with Crippen LogP contribution in [0.15, 0.2) is 59.8 Å². The van der Waals surface area contributed by atoms with Crippen molar-refractivity contribution in [2.24, 2.45) is 5.41 Å². The van der Waals surface area contributed by atoms with Crippen LogP contribution in [0.3, 0.4) is 0 Å². The first-order chi connectivity index (χ1) is 14.8. The molecule has 2 aromatic carbocycles. The lowest BCUT2D eigenvalue weighted by Crippen LogP contribution is -2.54. The third-order valence-electron chi connectivity index (χ3n) is 6.36. The second kappa shape index (κ2) is 7.76. The number of rotatable bonds is 5. The predicted octanol–water partition coefficient (Wildman–Crippen LogP) is 3.94. The fourth-order valence-electron chi connectivity index (χ4n) is 4.77. The van der Waals surface area contributed by atoms with E-state index in [1.165, 1.54) is 0 Å². The van der Waals surface area contributed by atoms with E-state index in [0.717, 1.165) is 17.1 Å². The first-order valence-corrected chi connectivity index (χ1v) is 10.6. The number of carbonyl (C=O) groups excluding carboxylic acids is 2. The second-order valence-electron chi connectivity index (χ2n) is 8.69. The van der Waals surface area contributed by atoms with E-state index < -0.39 is 5.41 Å². The number of hydrogen-bond donors (Lipinski definition) is 2. The van der Waals surface area contributed by atoms with Gasteiger partial charge in [-0.3, -0.25) is 4.79 Å². The molecule has 2 heterocycles. The van der Waals surface area contributed by atoms with Gasteiger partial charge in [0.05, 0.1) is 29.6 Å². The van der Waals surface area contributed by atoms with E-state index >= 15 is 0 Å². The van der Waals surface area contributed by atoms with Gasteiger partial charge in [-0.1, -0.05) is 44.2 Å². The number of benzene rings is 2. The summed E-state index contributed by atoms with van der Waals surface area (Å²) in [6.07, 6.45) is -0.0889. The minimum atomic E-state index is -0.438. The van der Waals surface area contributed by atoms with E-state index in [9.17, 15) is 9.59 Å². The zero-order chi connectivity index (χ0) is 22.3. The fraction of sp³-hybridized carbons (Fsp3) is 0.360. The third kappa shape index (κ3) is 3.46. The molecule has 6 heteroatoms. The molecule has 0 aromatic heterocycles. The average Bonchev–Trinajstić information content (AvgIpc) is 3.19. The molecule has 162 valence electrons. The molecule has 31 heavy (non-hydrogen) atoms. The summed E-state index contributed by atoms with van der Waals surface area (Å²) < 4.78 is 5.31. The molecule has 2 atom stereocenters. The van der Waals surface area contributed by atoms with Gasteiger partial charge in [0.2, 0.25) is 0 Å². The lowest BCUT2D eigenvalue weighted by atomic mass is 9.78. The number of ether oxygens (including phenoxy) is 1. The van der Waals surface area contributed by atoms with E-state index in [0.29, 0.717) is 23.3 Å². The maximum Gasteiger partial charge on any atom is 0.336 e. The molecule has 0 saturated heterocycles. The largest absolute Gasteiger partial charge is 0.463 e. The second-order valence-corrected chi connectivity index (χ2v) is 8.69. The summed E-state index contributed by atoms with van der Waals surface area (Å²) in [5.41, 5.74) is 4.35. The van der Waals surface area contributed by atoms with Gasteiger partial charge in [-0.15, -0.1) is 0 Å². The molecule has 0 aliphatic carbocycles. The van der Waals surface area contributed by atoms with Gasteiger partial charge < -0.3 is 20.3 Å². The number of nitrogens with one attached hydrogen (secondary N) is 2. The Kier molecular flexibility index (Phi) is 5.25. The minimum absolute atomic E-state index is 0.00156. The molecule has 2 N–H and O–H groups in total. The molecule has 2 aliphatic heterocycles. The molecule has 2 aromatic rings. The zero-order valence-corrected chi connectivity index (χ0v) is 18.7. The van der Waals surface area contributed by atoms with Crippen LogP contribution in [0, 0.1) is 5.41 Å². The first-order valence-electron chi connectivity index (χ1n) is 10.6. The van der Waals surface area contributed by atoms with Crippen LogP contribution in [0.25, 0.3) is 0 Å². The number of esters is 1. The number of hydrogen-bond acceptors (Lipinski definition) is 6. The van der Waals surface area contributed by atoms with E-state index in [1.807, 2.05) is 69.4 Å². The minimum Gasteiger partial charge on any atom is -0.463 e. The Bertz CT molecular complexity index is 1060. The van der Waals surface area contributed by atoms with Crippen molar-refractivity contribution in [2.75, 3.05) is 23.9 Å². The summed E-state index contributed by atoms with van der Waals surface area (Å²) in [5, 5.41) is 7.08.